The predicted molar refractivity (Wildman–Crippen MR) is 61.0 cm³/mol. The largest absolute Gasteiger partial charge is 0.494 e. The van der Waals surface area contributed by atoms with Gasteiger partial charge in [0.15, 0.2) is 11.6 Å². The van der Waals surface area contributed by atoms with Gasteiger partial charge in [-0.3, -0.25) is 0 Å². The Labute approximate surface area is 93.5 Å². The molecule has 4 heteroatoms. The van der Waals surface area contributed by atoms with E-state index in [4.69, 9.17) is 4.74 Å². The summed E-state index contributed by atoms with van der Waals surface area (Å²) in [6.07, 6.45) is 1.72. The van der Waals surface area contributed by atoms with E-state index in [1.54, 1.807) is 30.0 Å². The van der Waals surface area contributed by atoms with Crippen LogP contribution in [0, 0.1) is 5.82 Å². The van der Waals surface area contributed by atoms with Crippen molar-refractivity contribution in [3.8, 4) is 5.75 Å². The van der Waals surface area contributed by atoms with E-state index in [9.17, 15) is 9.50 Å². The maximum atomic E-state index is 13.6. The lowest BCUT2D eigenvalue weighted by molar-refractivity contribution is 0.198. The van der Waals surface area contributed by atoms with Gasteiger partial charge in [0.2, 0.25) is 0 Å². The van der Waals surface area contributed by atoms with Crippen LogP contribution in [0.2, 0.25) is 0 Å². The number of aliphatic hydroxyl groups excluding tert-OH is 1. The minimum Gasteiger partial charge on any atom is -0.494 e. The molecule has 0 aliphatic carbocycles. The molecular weight excluding hydrogens is 215 g/mol. The van der Waals surface area contributed by atoms with Crippen LogP contribution in [0.3, 0.4) is 0 Å². The van der Waals surface area contributed by atoms with Crippen molar-refractivity contribution in [3.05, 3.63) is 29.6 Å². The Kier molecular flexibility index (Phi) is 4.91. The summed E-state index contributed by atoms with van der Waals surface area (Å²) in [5.41, 5.74) is 0.496. The van der Waals surface area contributed by atoms with E-state index in [2.05, 4.69) is 0 Å². The van der Waals surface area contributed by atoms with Crippen molar-refractivity contribution in [3.63, 3.8) is 0 Å². The number of halogens is 1. The molecule has 2 nitrogen and oxygen atoms in total. The van der Waals surface area contributed by atoms with Crippen molar-refractivity contribution in [2.24, 2.45) is 0 Å². The van der Waals surface area contributed by atoms with Crippen molar-refractivity contribution >= 4 is 11.8 Å². The maximum Gasteiger partial charge on any atom is 0.168 e. The Hall–Kier alpha value is -0.740. The van der Waals surface area contributed by atoms with Crippen molar-refractivity contribution in [1.82, 2.24) is 0 Å². The monoisotopic (exact) mass is 230 g/mol. The summed E-state index contributed by atoms with van der Waals surface area (Å²) >= 11 is 1.54. The number of thioether (sulfide) groups is 1. The van der Waals surface area contributed by atoms with E-state index < -0.39 is 6.10 Å². The molecule has 1 aromatic carbocycles. The summed E-state index contributed by atoms with van der Waals surface area (Å²) in [5, 5.41) is 9.56. The molecule has 1 aromatic rings. The van der Waals surface area contributed by atoms with Gasteiger partial charge >= 0.3 is 0 Å². The van der Waals surface area contributed by atoms with Crippen molar-refractivity contribution < 1.29 is 14.2 Å². The van der Waals surface area contributed by atoms with E-state index in [1.165, 1.54) is 7.11 Å². The molecular formula is C11H15FO2S. The van der Waals surface area contributed by atoms with Crippen molar-refractivity contribution in [2.75, 3.05) is 19.1 Å². The van der Waals surface area contributed by atoms with Gasteiger partial charge in [0.1, 0.15) is 0 Å². The molecule has 0 saturated heterocycles. The molecule has 1 atom stereocenters. The van der Waals surface area contributed by atoms with E-state index in [0.29, 0.717) is 17.7 Å². The highest BCUT2D eigenvalue weighted by atomic mass is 32.2. The normalized spacial score (nSPS) is 12.5. The van der Waals surface area contributed by atoms with Crippen LogP contribution in [-0.2, 0) is 6.42 Å². The van der Waals surface area contributed by atoms with Crippen LogP contribution >= 0.6 is 11.8 Å². The second-order valence-electron chi connectivity index (χ2n) is 3.25. The first kappa shape index (κ1) is 12.3. The lowest BCUT2D eigenvalue weighted by atomic mass is 10.1. The molecule has 0 bridgehead atoms. The summed E-state index contributed by atoms with van der Waals surface area (Å²) in [6.45, 7) is 0. The van der Waals surface area contributed by atoms with Crippen LogP contribution in [0.15, 0.2) is 18.2 Å². The van der Waals surface area contributed by atoms with Gasteiger partial charge in [-0.2, -0.15) is 11.8 Å². The SMILES string of the molecule is COc1cccc(CC(O)CSC)c1F. The van der Waals surface area contributed by atoms with Gasteiger partial charge in [0.25, 0.3) is 0 Å². The molecule has 15 heavy (non-hydrogen) atoms. The number of hydrogen-bond donors (Lipinski definition) is 1. The van der Waals surface area contributed by atoms with Crippen LogP contribution in [-0.4, -0.2) is 30.3 Å². The highest BCUT2D eigenvalue weighted by Crippen LogP contribution is 2.21. The smallest absolute Gasteiger partial charge is 0.168 e. The van der Waals surface area contributed by atoms with E-state index >= 15 is 0 Å². The predicted octanol–water partition coefficient (Wildman–Crippen LogP) is 2.10. The minimum absolute atomic E-state index is 0.226. The number of rotatable bonds is 5. The first-order chi connectivity index (χ1) is 7.19. The highest BCUT2D eigenvalue weighted by molar-refractivity contribution is 7.98. The summed E-state index contributed by atoms with van der Waals surface area (Å²) in [4.78, 5) is 0. The fraction of sp³-hybridized carbons (Fsp3) is 0.455. The summed E-state index contributed by atoms with van der Waals surface area (Å²) in [5.74, 6) is 0.459. The Morgan fingerprint density at radius 1 is 1.53 bits per heavy atom. The maximum absolute atomic E-state index is 13.6. The van der Waals surface area contributed by atoms with Crippen molar-refractivity contribution in [1.29, 1.82) is 0 Å². The molecule has 0 radical (unpaired) electrons. The lowest BCUT2D eigenvalue weighted by Crippen LogP contribution is -2.14. The highest BCUT2D eigenvalue weighted by Gasteiger charge is 2.12. The van der Waals surface area contributed by atoms with Crippen LogP contribution in [0.4, 0.5) is 4.39 Å². The second kappa shape index (κ2) is 5.98. The number of benzene rings is 1. The molecule has 0 spiro atoms. The average Bonchev–Trinajstić information content (AvgIpc) is 2.21. The number of hydrogen-bond acceptors (Lipinski definition) is 3. The van der Waals surface area contributed by atoms with E-state index in [-0.39, 0.29) is 11.6 Å². The first-order valence-corrected chi connectivity index (χ1v) is 6.06. The summed E-state index contributed by atoms with van der Waals surface area (Å²) in [6, 6.07) is 4.96. The standard InChI is InChI=1S/C11H15FO2S/c1-14-10-5-3-4-8(11(10)12)6-9(13)7-15-2/h3-5,9,13H,6-7H2,1-2H3. The molecule has 0 aromatic heterocycles. The van der Waals surface area contributed by atoms with Gasteiger partial charge in [-0.1, -0.05) is 12.1 Å². The van der Waals surface area contributed by atoms with Gasteiger partial charge in [0, 0.05) is 12.2 Å². The molecule has 1 rings (SSSR count). The van der Waals surface area contributed by atoms with Crippen LogP contribution in [0.5, 0.6) is 5.75 Å². The fourth-order valence-electron chi connectivity index (χ4n) is 1.38. The number of ether oxygens (including phenoxy) is 1. The van der Waals surface area contributed by atoms with Gasteiger partial charge in [-0.15, -0.1) is 0 Å². The molecule has 1 unspecified atom stereocenters. The topological polar surface area (TPSA) is 29.5 Å². The van der Waals surface area contributed by atoms with Gasteiger partial charge in [-0.05, 0) is 17.9 Å². The molecule has 0 heterocycles. The molecule has 1 N–H and O–H groups in total. The molecule has 0 aliphatic rings. The molecule has 84 valence electrons. The second-order valence-corrected chi connectivity index (χ2v) is 4.16. The molecule has 0 amide bonds. The first-order valence-electron chi connectivity index (χ1n) is 4.67. The zero-order valence-corrected chi connectivity index (χ0v) is 9.68. The van der Waals surface area contributed by atoms with Crippen molar-refractivity contribution in [2.45, 2.75) is 12.5 Å². The Morgan fingerprint density at radius 3 is 2.87 bits per heavy atom. The quantitative estimate of drug-likeness (QED) is 0.840. The minimum atomic E-state index is -0.512. The average molecular weight is 230 g/mol. The molecule has 0 aliphatic heterocycles. The molecule has 0 saturated carbocycles. The zero-order valence-electron chi connectivity index (χ0n) is 8.87. The van der Waals surface area contributed by atoms with Crippen LogP contribution in [0.25, 0.3) is 0 Å². The van der Waals surface area contributed by atoms with E-state index in [1.807, 2.05) is 6.26 Å². The third-order valence-corrected chi connectivity index (χ3v) is 2.80. The van der Waals surface area contributed by atoms with Crippen LogP contribution < -0.4 is 4.74 Å². The summed E-state index contributed by atoms with van der Waals surface area (Å²) < 4.78 is 18.5. The van der Waals surface area contributed by atoms with Gasteiger partial charge in [0.05, 0.1) is 13.2 Å². The third-order valence-electron chi connectivity index (χ3n) is 2.08. The fourth-order valence-corrected chi connectivity index (χ4v) is 1.88. The molecule has 0 fully saturated rings. The number of aliphatic hydroxyl groups is 1. The summed E-state index contributed by atoms with van der Waals surface area (Å²) in [7, 11) is 1.43. The van der Waals surface area contributed by atoms with E-state index in [0.717, 1.165) is 0 Å². The van der Waals surface area contributed by atoms with Crippen LogP contribution in [0.1, 0.15) is 5.56 Å². The lowest BCUT2D eigenvalue weighted by Gasteiger charge is -2.11. The Morgan fingerprint density at radius 2 is 2.27 bits per heavy atom. The van der Waals surface area contributed by atoms with Gasteiger partial charge in [-0.25, -0.2) is 4.39 Å². The Bertz CT molecular complexity index is 317. The number of methoxy groups -OCH3 is 1. The zero-order chi connectivity index (χ0) is 11.3. The van der Waals surface area contributed by atoms with Gasteiger partial charge < -0.3 is 9.84 Å². The third kappa shape index (κ3) is 3.39. The Balaban J connectivity index is 2.76.